The van der Waals surface area contributed by atoms with Gasteiger partial charge < -0.3 is 33.0 Å². The van der Waals surface area contributed by atoms with E-state index in [4.69, 9.17) is 9.84 Å². The second-order valence-electron chi connectivity index (χ2n) is 15.2. The summed E-state index contributed by atoms with van der Waals surface area (Å²) in [4.78, 5) is 12.0. The van der Waals surface area contributed by atoms with Crippen molar-refractivity contribution in [2.24, 2.45) is 0 Å². The molecule has 0 radical (unpaired) electrons. The smallest absolute Gasteiger partial charge is 0.303 e. The quantitative estimate of drug-likeness (QED) is 0.0710. The van der Waals surface area contributed by atoms with Crippen molar-refractivity contribution in [1.82, 2.24) is 0 Å². The van der Waals surface area contributed by atoms with E-state index in [0.717, 1.165) is 0 Å². The van der Waals surface area contributed by atoms with Crippen molar-refractivity contribution in [2.75, 3.05) is 43.2 Å². The van der Waals surface area contributed by atoms with Gasteiger partial charge in [0, 0.05) is 72.5 Å². The molecule has 0 aliphatic carbocycles. The molecule has 336 valence electrons. The summed E-state index contributed by atoms with van der Waals surface area (Å²) < 4.78 is 149. The molecule has 2 unspecified atom stereocenters. The molecule has 0 amide bonds. The van der Waals surface area contributed by atoms with Crippen LogP contribution in [0.1, 0.15) is 76.3 Å². The lowest BCUT2D eigenvalue weighted by molar-refractivity contribution is -0.438. The minimum Gasteiger partial charge on any atom is -0.748 e. The van der Waals surface area contributed by atoms with Gasteiger partial charge in [0.05, 0.1) is 42.0 Å². The number of carbonyl (C=O) groups is 1. The fourth-order valence-electron chi connectivity index (χ4n) is 7.98. The number of methoxy groups -OCH3 is 1. The molecule has 17 nitrogen and oxygen atoms in total. The van der Waals surface area contributed by atoms with Gasteiger partial charge in [-0.25, -0.2) is 33.7 Å². The molecule has 2 aliphatic heterocycles. The predicted molar refractivity (Wildman–Crippen MR) is 222 cm³/mol. The van der Waals surface area contributed by atoms with E-state index in [-0.39, 0.29) is 38.7 Å². The summed E-state index contributed by atoms with van der Waals surface area (Å²) in [6, 6.07) is 7.91. The van der Waals surface area contributed by atoms with Gasteiger partial charge in [0.2, 0.25) is 5.69 Å². The Labute approximate surface area is 357 Å². The van der Waals surface area contributed by atoms with Crippen LogP contribution in [0.15, 0.2) is 94.4 Å². The number of carboxylic acids is 1. The van der Waals surface area contributed by atoms with Gasteiger partial charge in [-0.05, 0) is 94.3 Å². The number of benzene rings is 2. The molecule has 0 aromatic heterocycles. The number of hydrogen-bond donors (Lipinski definition) is 1. The maximum absolute atomic E-state index is 12.1. The van der Waals surface area contributed by atoms with Crippen molar-refractivity contribution in [2.45, 2.75) is 85.8 Å². The van der Waals surface area contributed by atoms with Crippen LogP contribution in [0, 0.1) is 0 Å². The summed E-state index contributed by atoms with van der Waals surface area (Å²) in [6.45, 7) is 4.45. The Hall–Kier alpha value is -4.06. The van der Waals surface area contributed by atoms with Crippen LogP contribution >= 0.6 is 0 Å². The van der Waals surface area contributed by atoms with Crippen LogP contribution in [0.3, 0.4) is 0 Å². The standard InChI is InChI=1S/C40H52N2O15S4/c1-39(21-12-26-58(45,46)47)32-28-30(60(51,52)53)17-19-34(32)41(23-11-7-10-16-38(43)44)36(39)14-8-5-4-6-9-15-37-40(2,22-13-27-59(48,49)50)33-29-31(61(54,55)56)18-20-35(33)42(37)24-25-57-3/h4-6,8-9,14-15,17-20,28-29H,7,10-13,16,21-27H2,1-3H3,(H4-,43,44,45,46,47,48,49,50,51,52,53,54,55,56)/p-3. The highest BCUT2D eigenvalue weighted by molar-refractivity contribution is 7.86. The third-order valence-electron chi connectivity index (χ3n) is 10.9. The summed E-state index contributed by atoms with van der Waals surface area (Å²) in [7, 11) is -17.4. The van der Waals surface area contributed by atoms with Crippen molar-refractivity contribution in [1.29, 1.82) is 0 Å². The van der Waals surface area contributed by atoms with Gasteiger partial charge in [0.1, 0.15) is 26.8 Å². The average molecular weight is 926 g/mol. The molecule has 4 rings (SSSR count). The van der Waals surface area contributed by atoms with Gasteiger partial charge >= 0.3 is 5.97 Å². The molecule has 21 heteroatoms. The maximum atomic E-state index is 12.1. The highest BCUT2D eigenvalue weighted by Gasteiger charge is 2.48. The fraction of sp³-hybridized carbons (Fsp3) is 0.450. The molecule has 2 aromatic rings. The molecular weight excluding hydrogens is 877 g/mol. The van der Waals surface area contributed by atoms with Crippen LogP contribution in [-0.4, -0.2) is 112 Å². The van der Waals surface area contributed by atoms with Gasteiger partial charge in [-0.2, -0.15) is 4.58 Å². The molecule has 0 bridgehead atoms. The van der Waals surface area contributed by atoms with Crippen LogP contribution in [0.5, 0.6) is 0 Å². The van der Waals surface area contributed by atoms with E-state index in [1.54, 1.807) is 56.4 Å². The first-order valence-electron chi connectivity index (χ1n) is 19.3. The summed E-state index contributed by atoms with van der Waals surface area (Å²) in [6.07, 6.45) is 13.5. The topological polar surface area (TPSA) is 282 Å². The molecule has 2 aliphatic rings. The molecule has 0 spiro atoms. The number of ether oxygens (including phenoxy) is 1. The molecule has 2 aromatic carbocycles. The summed E-state index contributed by atoms with van der Waals surface area (Å²) in [5, 5.41) is 9.08. The number of hydrogen-bond acceptors (Lipinski definition) is 15. The van der Waals surface area contributed by atoms with Crippen molar-refractivity contribution < 1.29 is 71.1 Å². The van der Waals surface area contributed by atoms with Gasteiger partial charge in [-0.15, -0.1) is 0 Å². The Balaban J connectivity index is 1.73. The fourth-order valence-corrected chi connectivity index (χ4v) is 9.97. The van der Waals surface area contributed by atoms with Gasteiger partial charge in [0.15, 0.2) is 5.71 Å². The van der Waals surface area contributed by atoms with Crippen LogP contribution in [0.2, 0.25) is 0 Å². The number of fused-ring (bicyclic) bond motifs is 2. The van der Waals surface area contributed by atoms with E-state index in [1.807, 2.05) is 9.48 Å². The first-order valence-corrected chi connectivity index (χ1v) is 25.2. The largest absolute Gasteiger partial charge is 0.748 e. The zero-order valence-corrected chi connectivity index (χ0v) is 37.2. The van der Waals surface area contributed by atoms with E-state index in [9.17, 15) is 56.7 Å². The van der Waals surface area contributed by atoms with Gasteiger partial charge in [-0.1, -0.05) is 30.4 Å². The van der Waals surface area contributed by atoms with Crippen LogP contribution in [-0.2, 0) is 60.8 Å². The van der Waals surface area contributed by atoms with E-state index in [0.29, 0.717) is 66.3 Å². The van der Waals surface area contributed by atoms with Crippen molar-refractivity contribution in [3.05, 3.63) is 95.8 Å². The monoisotopic (exact) mass is 925 g/mol. The molecule has 0 fully saturated rings. The lowest BCUT2D eigenvalue weighted by atomic mass is 9.76. The summed E-state index contributed by atoms with van der Waals surface area (Å²) in [5.74, 6) is -2.26. The van der Waals surface area contributed by atoms with E-state index < -0.39 is 78.6 Å². The third-order valence-corrected chi connectivity index (χ3v) is 14.1. The Morgan fingerprint density at radius 2 is 1.30 bits per heavy atom. The van der Waals surface area contributed by atoms with E-state index in [2.05, 4.69) is 0 Å². The van der Waals surface area contributed by atoms with Crippen molar-refractivity contribution in [3.63, 3.8) is 0 Å². The zero-order valence-electron chi connectivity index (χ0n) is 33.9. The molecule has 2 heterocycles. The lowest BCUT2D eigenvalue weighted by Gasteiger charge is -2.30. The number of unbranched alkanes of at least 4 members (excludes halogenated alkanes) is 2. The van der Waals surface area contributed by atoms with E-state index >= 15 is 0 Å². The second-order valence-corrected chi connectivity index (χ2v) is 21.0. The molecule has 1 N–H and O–H groups in total. The van der Waals surface area contributed by atoms with Crippen LogP contribution in [0.4, 0.5) is 11.4 Å². The minimum atomic E-state index is -4.88. The second kappa shape index (κ2) is 20.0. The van der Waals surface area contributed by atoms with Crippen molar-refractivity contribution in [3.8, 4) is 0 Å². The predicted octanol–water partition coefficient (Wildman–Crippen LogP) is 4.12. The van der Waals surface area contributed by atoms with E-state index in [1.165, 1.54) is 43.5 Å². The Kier molecular flexibility index (Phi) is 16.2. The first-order chi connectivity index (χ1) is 28.3. The van der Waals surface area contributed by atoms with Gasteiger partial charge in [0.25, 0.3) is 0 Å². The number of anilines is 1. The van der Waals surface area contributed by atoms with Crippen LogP contribution in [0.25, 0.3) is 0 Å². The molecule has 0 saturated heterocycles. The first kappa shape index (κ1) is 49.6. The number of carboxylic acid groups (broad SMARTS) is 1. The highest BCUT2D eigenvalue weighted by Crippen LogP contribution is 2.51. The molecule has 61 heavy (non-hydrogen) atoms. The normalized spacial score (nSPS) is 20.5. The number of aliphatic carboxylic acids is 1. The minimum absolute atomic E-state index is 0.0238. The van der Waals surface area contributed by atoms with Crippen LogP contribution < -0.4 is 4.90 Å². The molecular formula is C40H49N2O15S4-3. The maximum Gasteiger partial charge on any atom is 0.303 e. The van der Waals surface area contributed by atoms with Gasteiger partial charge in [-0.3, -0.25) is 4.79 Å². The summed E-state index contributed by atoms with van der Waals surface area (Å²) in [5.41, 5.74) is 1.20. The Morgan fingerprint density at radius 3 is 1.87 bits per heavy atom. The Morgan fingerprint density at radius 1 is 0.738 bits per heavy atom. The number of allylic oxidation sites excluding steroid dienone is 8. The zero-order chi connectivity index (χ0) is 45.4. The lowest BCUT2D eigenvalue weighted by Crippen LogP contribution is -2.32. The Bertz CT molecular complexity index is 2580. The number of rotatable bonds is 23. The average Bonchev–Trinajstić information content (AvgIpc) is 3.51. The van der Waals surface area contributed by atoms with Crippen molar-refractivity contribution >= 4 is 63.5 Å². The molecule has 2 atom stereocenters. The SMILES string of the molecule is COCCN1/C(=C/C=C/C=C/C=C/C2=[N+](CCCCCC(=O)O)c3ccc(S(=O)(=O)[O-])cc3C2(C)CCCS(=O)(=O)[O-])C(C)(CCCS(=O)(=O)[O-])c2cc(S(=O)(=O)[O-])ccc21. The highest BCUT2D eigenvalue weighted by atomic mass is 32.2. The molecule has 0 saturated carbocycles. The third kappa shape index (κ3) is 13.0. The summed E-state index contributed by atoms with van der Waals surface area (Å²) >= 11 is 0. The number of nitrogens with zero attached hydrogens (tertiary/aromatic N) is 2.